The number of hydrogen-bond donors (Lipinski definition) is 0. The summed E-state index contributed by atoms with van der Waals surface area (Å²) in [5.41, 5.74) is 0. The maximum absolute atomic E-state index is 3.78. The van der Waals surface area contributed by atoms with E-state index in [4.69, 9.17) is 0 Å². The Bertz CT molecular complexity index is 305. The number of rotatable bonds is 2. The average molecular weight is 201 g/mol. The number of nitrogens with zero attached hydrogens (tertiary/aromatic N) is 2. The largest absolute Gasteiger partial charge is 0.265 e. The zero-order valence-corrected chi connectivity index (χ0v) is 9.08. The zero-order chi connectivity index (χ0) is 10.8. The van der Waals surface area contributed by atoms with E-state index in [1.807, 2.05) is 24.3 Å². The summed E-state index contributed by atoms with van der Waals surface area (Å²) >= 11 is 0. The lowest BCUT2D eigenvalue weighted by molar-refractivity contribution is -0.697. The van der Waals surface area contributed by atoms with Crippen LogP contribution in [0.4, 0.5) is 0 Å². The molecule has 15 heavy (non-hydrogen) atoms. The third-order valence-electron chi connectivity index (χ3n) is 1.83. The van der Waals surface area contributed by atoms with Crippen LogP contribution in [-0.4, -0.2) is 4.98 Å². The van der Waals surface area contributed by atoms with Crippen LogP contribution in [0.1, 0.15) is 13.3 Å². The van der Waals surface area contributed by atoms with Crippen molar-refractivity contribution in [3.63, 3.8) is 0 Å². The van der Waals surface area contributed by atoms with Crippen molar-refractivity contribution in [1.82, 2.24) is 4.98 Å². The van der Waals surface area contributed by atoms with Crippen molar-refractivity contribution in [2.24, 2.45) is 0 Å². The second kappa shape index (κ2) is 7.68. The predicted octanol–water partition coefficient (Wildman–Crippen LogP) is 2.47. The molecule has 2 heterocycles. The van der Waals surface area contributed by atoms with E-state index in [1.54, 1.807) is 12.4 Å². The molecule has 0 bridgehead atoms. The predicted molar refractivity (Wildman–Crippen MR) is 61.2 cm³/mol. The van der Waals surface area contributed by atoms with Crippen LogP contribution in [0, 0.1) is 0 Å². The molecule has 0 N–H and O–H groups in total. The SMILES string of the molecule is CCC[n+]1ccccc1.c1ccncc1. The van der Waals surface area contributed by atoms with Gasteiger partial charge in [-0.15, -0.1) is 0 Å². The fourth-order valence-electron chi connectivity index (χ4n) is 1.15. The highest BCUT2D eigenvalue weighted by atomic mass is 14.9. The van der Waals surface area contributed by atoms with Gasteiger partial charge >= 0.3 is 0 Å². The molecule has 78 valence electrons. The molecule has 0 atom stereocenters. The number of hydrogen-bond acceptors (Lipinski definition) is 1. The van der Waals surface area contributed by atoms with Crippen molar-refractivity contribution in [1.29, 1.82) is 0 Å². The topological polar surface area (TPSA) is 16.8 Å². The third-order valence-corrected chi connectivity index (χ3v) is 1.83. The smallest absolute Gasteiger partial charge is 0.168 e. The van der Waals surface area contributed by atoms with Gasteiger partial charge in [-0.2, -0.15) is 0 Å². The van der Waals surface area contributed by atoms with Crippen molar-refractivity contribution >= 4 is 0 Å². The highest BCUT2D eigenvalue weighted by Crippen LogP contribution is 1.78. The molecule has 0 aliphatic carbocycles. The van der Waals surface area contributed by atoms with E-state index < -0.39 is 0 Å². The van der Waals surface area contributed by atoms with Crippen molar-refractivity contribution in [3.05, 3.63) is 61.2 Å². The molecule has 0 fully saturated rings. The van der Waals surface area contributed by atoms with E-state index in [0.717, 1.165) is 6.54 Å². The molecule has 0 saturated heterocycles. The molecule has 2 aromatic rings. The monoisotopic (exact) mass is 201 g/mol. The average Bonchev–Trinajstić information content (AvgIpc) is 2.34. The molecule has 2 rings (SSSR count). The van der Waals surface area contributed by atoms with E-state index in [0.29, 0.717) is 0 Å². The summed E-state index contributed by atoms with van der Waals surface area (Å²) < 4.78 is 2.18. The third kappa shape index (κ3) is 5.57. The van der Waals surface area contributed by atoms with Gasteiger partial charge in [-0.1, -0.05) is 19.1 Å². The van der Waals surface area contributed by atoms with Gasteiger partial charge in [0.25, 0.3) is 0 Å². The second-order valence-electron chi connectivity index (χ2n) is 3.14. The highest BCUT2D eigenvalue weighted by Gasteiger charge is 1.90. The van der Waals surface area contributed by atoms with Crippen molar-refractivity contribution in [2.45, 2.75) is 19.9 Å². The van der Waals surface area contributed by atoms with Gasteiger partial charge in [-0.25, -0.2) is 4.57 Å². The normalized spacial score (nSPS) is 8.87. The van der Waals surface area contributed by atoms with Crippen LogP contribution < -0.4 is 4.57 Å². The first-order chi connectivity index (χ1) is 7.43. The summed E-state index contributed by atoms with van der Waals surface area (Å²) in [6.45, 7) is 3.31. The Kier molecular flexibility index (Phi) is 5.82. The lowest BCUT2D eigenvalue weighted by atomic mass is 10.4. The van der Waals surface area contributed by atoms with Gasteiger partial charge in [0.15, 0.2) is 12.4 Å². The summed E-state index contributed by atoms with van der Waals surface area (Å²) in [6, 6.07) is 11.9. The standard InChI is InChI=1S/C8H12N.C5H5N/c1-2-6-9-7-4-3-5-8-9;1-2-4-6-5-3-1/h3-5,7-8H,2,6H2,1H3;1-5H/q+1;. The van der Waals surface area contributed by atoms with Gasteiger partial charge in [0.05, 0.1) is 0 Å². The Labute approximate surface area is 91.2 Å². The Balaban J connectivity index is 0.000000162. The first-order valence-electron chi connectivity index (χ1n) is 5.22. The molecular weight excluding hydrogens is 184 g/mol. The maximum Gasteiger partial charge on any atom is 0.168 e. The lowest BCUT2D eigenvalue weighted by Gasteiger charge is -1.88. The van der Waals surface area contributed by atoms with Crippen molar-refractivity contribution < 1.29 is 4.57 Å². The molecule has 2 nitrogen and oxygen atoms in total. The van der Waals surface area contributed by atoms with Gasteiger partial charge in [-0.3, -0.25) is 4.98 Å². The molecule has 0 unspecified atom stereocenters. The summed E-state index contributed by atoms with van der Waals surface area (Å²) in [6.07, 6.45) is 8.88. The van der Waals surface area contributed by atoms with E-state index >= 15 is 0 Å². The van der Waals surface area contributed by atoms with E-state index in [-0.39, 0.29) is 0 Å². The first kappa shape index (κ1) is 11.4. The molecule has 0 saturated carbocycles. The molecule has 0 aliphatic heterocycles. The zero-order valence-electron chi connectivity index (χ0n) is 9.08. The summed E-state index contributed by atoms with van der Waals surface area (Å²) in [5.74, 6) is 0. The van der Waals surface area contributed by atoms with Gasteiger partial charge < -0.3 is 0 Å². The summed E-state index contributed by atoms with van der Waals surface area (Å²) in [4.78, 5) is 3.78. The second-order valence-corrected chi connectivity index (χ2v) is 3.14. The van der Waals surface area contributed by atoms with E-state index in [2.05, 4.69) is 41.0 Å². The minimum absolute atomic E-state index is 1.13. The fraction of sp³-hybridized carbons (Fsp3) is 0.231. The van der Waals surface area contributed by atoms with Gasteiger partial charge in [0.2, 0.25) is 0 Å². The van der Waals surface area contributed by atoms with Crippen LogP contribution >= 0.6 is 0 Å². The van der Waals surface area contributed by atoms with E-state index in [1.165, 1.54) is 6.42 Å². The first-order valence-corrected chi connectivity index (χ1v) is 5.22. The quantitative estimate of drug-likeness (QED) is 0.682. The van der Waals surface area contributed by atoms with E-state index in [9.17, 15) is 0 Å². The minimum Gasteiger partial charge on any atom is -0.265 e. The number of aryl methyl sites for hydroxylation is 1. The Hall–Kier alpha value is -1.70. The summed E-state index contributed by atoms with van der Waals surface area (Å²) in [7, 11) is 0. The fourth-order valence-corrected chi connectivity index (χ4v) is 1.15. The molecular formula is C13H17N2+. The van der Waals surface area contributed by atoms with Crippen LogP contribution in [0.2, 0.25) is 0 Å². The number of pyridine rings is 2. The van der Waals surface area contributed by atoms with Crippen LogP contribution in [0.15, 0.2) is 61.2 Å². The molecule has 0 radical (unpaired) electrons. The highest BCUT2D eigenvalue weighted by molar-refractivity contribution is 4.88. The van der Waals surface area contributed by atoms with Crippen LogP contribution in [-0.2, 0) is 6.54 Å². The van der Waals surface area contributed by atoms with Crippen molar-refractivity contribution in [2.75, 3.05) is 0 Å². The Morgan fingerprint density at radius 3 is 1.87 bits per heavy atom. The van der Waals surface area contributed by atoms with Crippen molar-refractivity contribution in [3.8, 4) is 0 Å². The van der Waals surface area contributed by atoms with Gasteiger partial charge in [-0.05, 0) is 12.1 Å². The minimum atomic E-state index is 1.13. The Morgan fingerprint density at radius 2 is 1.47 bits per heavy atom. The van der Waals surface area contributed by atoms with Crippen LogP contribution in [0.3, 0.4) is 0 Å². The number of aromatic nitrogens is 2. The Morgan fingerprint density at radius 1 is 0.867 bits per heavy atom. The molecule has 2 aromatic heterocycles. The maximum atomic E-state index is 3.78. The van der Waals surface area contributed by atoms with Crippen LogP contribution in [0.5, 0.6) is 0 Å². The molecule has 0 spiro atoms. The molecule has 2 heteroatoms. The molecule has 0 amide bonds. The summed E-state index contributed by atoms with van der Waals surface area (Å²) in [5, 5.41) is 0. The molecule has 0 aliphatic rings. The lowest BCUT2D eigenvalue weighted by Crippen LogP contribution is -2.31. The van der Waals surface area contributed by atoms with Gasteiger partial charge in [0.1, 0.15) is 6.54 Å². The van der Waals surface area contributed by atoms with Gasteiger partial charge in [0, 0.05) is 30.9 Å². The molecule has 0 aromatic carbocycles. The van der Waals surface area contributed by atoms with Crippen LogP contribution in [0.25, 0.3) is 0 Å².